The Morgan fingerprint density at radius 2 is 2.25 bits per heavy atom. The molecule has 0 aromatic carbocycles. The zero-order valence-electron chi connectivity index (χ0n) is 12.7. The molecule has 0 spiro atoms. The lowest BCUT2D eigenvalue weighted by atomic mass is 10.0. The van der Waals surface area contributed by atoms with E-state index in [1.165, 1.54) is 0 Å². The van der Waals surface area contributed by atoms with Gasteiger partial charge in [-0.15, -0.1) is 0 Å². The van der Waals surface area contributed by atoms with Crippen LogP contribution in [-0.2, 0) is 11.8 Å². The number of aliphatic hydroxyl groups is 1. The van der Waals surface area contributed by atoms with Crippen molar-refractivity contribution < 1.29 is 9.90 Å². The van der Waals surface area contributed by atoms with Crippen molar-refractivity contribution in [1.82, 2.24) is 14.7 Å². The summed E-state index contributed by atoms with van der Waals surface area (Å²) < 4.78 is 1.70. The van der Waals surface area contributed by atoms with Crippen molar-refractivity contribution in [1.29, 1.82) is 0 Å². The fourth-order valence-corrected chi connectivity index (χ4v) is 2.79. The van der Waals surface area contributed by atoms with Crippen molar-refractivity contribution in [3.63, 3.8) is 0 Å². The van der Waals surface area contributed by atoms with Crippen molar-refractivity contribution in [2.75, 3.05) is 25.0 Å². The Labute approximate surface area is 120 Å². The second kappa shape index (κ2) is 5.54. The highest BCUT2D eigenvalue weighted by Gasteiger charge is 2.34. The summed E-state index contributed by atoms with van der Waals surface area (Å²) in [5.74, 6) is 0.0935. The van der Waals surface area contributed by atoms with Gasteiger partial charge >= 0.3 is 0 Å². The van der Waals surface area contributed by atoms with Crippen molar-refractivity contribution in [2.24, 2.45) is 7.05 Å². The second-order valence-electron chi connectivity index (χ2n) is 6.25. The van der Waals surface area contributed by atoms with Crippen LogP contribution in [0.2, 0.25) is 0 Å². The van der Waals surface area contributed by atoms with Crippen LogP contribution in [0, 0.1) is 0 Å². The second-order valence-corrected chi connectivity index (χ2v) is 6.25. The zero-order valence-corrected chi connectivity index (χ0v) is 12.7. The fourth-order valence-electron chi connectivity index (χ4n) is 2.79. The molecular weight excluding hydrogens is 256 g/mol. The summed E-state index contributed by atoms with van der Waals surface area (Å²) >= 11 is 0. The highest BCUT2D eigenvalue weighted by molar-refractivity contribution is 5.97. The number of hydrogen-bond donors (Lipinski definition) is 1. The Kier molecular flexibility index (Phi) is 4.15. The van der Waals surface area contributed by atoms with Crippen LogP contribution >= 0.6 is 0 Å². The minimum absolute atomic E-state index is 0.0935. The normalized spacial score (nSPS) is 20.8. The summed E-state index contributed by atoms with van der Waals surface area (Å²) in [6.45, 7) is 4.73. The Morgan fingerprint density at radius 3 is 2.80 bits per heavy atom. The van der Waals surface area contributed by atoms with Crippen molar-refractivity contribution in [3.05, 3.63) is 12.4 Å². The number of rotatable bonds is 4. The number of likely N-dealkylation sites (N-methyl/N-ethyl adjacent to an activating group) is 1. The van der Waals surface area contributed by atoms with E-state index in [2.05, 4.69) is 5.10 Å². The Morgan fingerprint density at radius 1 is 1.55 bits per heavy atom. The molecule has 0 saturated carbocycles. The first kappa shape index (κ1) is 15.0. The van der Waals surface area contributed by atoms with Crippen LogP contribution in [0.1, 0.15) is 26.7 Å². The van der Waals surface area contributed by atoms with E-state index in [0.717, 1.165) is 25.1 Å². The summed E-state index contributed by atoms with van der Waals surface area (Å²) in [5, 5.41) is 14.0. The van der Waals surface area contributed by atoms with Crippen LogP contribution in [0.5, 0.6) is 0 Å². The molecule has 112 valence electrons. The molecule has 1 aromatic heterocycles. The molecular formula is C14H24N4O2. The van der Waals surface area contributed by atoms with E-state index in [1.54, 1.807) is 29.6 Å². The molecule has 6 heteroatoms. The number of amides is 1. The third kappa shape index (κ3) is 3.37. The maximum absolute atomic E-state index is 12.6. The van der Waals surface area contributed by atoms with Crippen molar-refractivity contribution >= 4 is 11.6 Å². The number of carbonyl (C=O) groups is 1. The van der Waals surface area contributed by atoms with E-state index in [1.807, 2.05) is 25.2 Å². The summed E-state index contributed by atoms with van der Waals surface area (Å²) in [6.07, 6.45) is 5.37. The van der Waals surface area contributed by atoms with E-state index in [-0.39, 0.29) is 11.9 Å². The number of aromatic nitrogens is 2. The molecule has 6 nitrogen and oxygen atoms in total. The lowest BCUT2D eigenvalue weighted by molar-refractivity contribution is -0.125. The predicted octanol–water partition coefficient (Wildman–Crippen LogP) is 0.618. The van der Waals surface area contributed by atoms with Gasteiger partial charge in [-0.3, -0.25) is 14.4 Å². The van der Waals surface area contributed by atoms with Gasteiger partial charge in [-0.2, -0.15) is 5.10 Å². The molecule has 2 rings (SSSR count). The van der Waals surface area contributed by atoms with Crippen LogP contribution in [0.15, 0.2) is 12.4 Å². The van der Waals surface area contributed by atoms with Crippen LogP contribution < -0.4 is 4.90 Å². The van der Waals surface area contributed by atoms with Gasteiger partial charge < -0.3 is 10.0 Å². The predicted molar refractivity (Wildman–Crippen MR) is 77.5 cm³/mol. The van der Waals surface area contributed by atoms with Crippen molar-refractivity contribution in [3.8, 4) is 0 Å². The summed E-state index contributed by atoms with van der Waals surface area (Å²) in [5.41, 5.74) is 0.0462. The molecule has 1 aliphatic heterocycles. The quantitative estimate of drug-likeness (QED) is 0.878. The number of carbonyl (C=O) groups excluding carboxylic acids is 1. The number of anilines is 1. The van der Waals surface area contributed by atoms with E-state index in [0.29, 0.717) is 6.54 Å². The van der Waals surface area contributed by atoms with Gasteiger partial charge in [-0.1, -0.05) is 0 Å². The molecule has 0 aliphatic carbocycles. The summed E-state index contributed by atoms with van der Waals surface area (Å²) in [6, 6.07) is -0.171. The molecule has 2 heterocycles. The first-order chi connectivity index (χ1) is 9.28. The molecule has 1 aliphatic rings. The van der Waals surface area contributed by atoms with Crippen LogP contribution in [-0.4, -0.2) is 57.5 Å². The summed E-state index contributed by atoms with van der Waals surface area (Å²) in [7, 11) is 3.74. The molecule has 0 bridgehead atoms. The third-order valence-electron chi connectivity index (χ3n) is 3.58. The zero-order chi connectivity index (χ0) is 14.9. The molecule has 1 amide bonds. The maximum atomic E-state index is 12.6. The average molecular weight is 280 g/mol. The minimum atomic E-state index is -0.800. The van der Waals surface area contributed by atoms with E-state index < -0.39 is 5.60 Å². The van der Waals surface area contributed by atoms with Crippen molar-refractivity contribution in [2.45, 2.75) is 38.3 Å². The number of piperidine rings is 1. The van der Waals surface area contributed by atoms with Gasteiger partial charge in [-0.05, 0) is 33.7 Å². The van der Waals surface area contributed by atoms with E-state index in [4.69, 9.17) is 0 Å². The van der Waals surface area contributed by atoms with Gasteiger partial charge in [0.2, 0.25) is 5.91 Å². The number of nitrogens with zero attached hydrogens (tertiary/aromatic N) is 4. The van der Waals surface area contributed by atoms with Crippen LogP contribution in [0.25, 0.3) is 0 Å². The molecule has 1 N–H and O–H groups in total. The Balaban J connectivity index is 2.10. The van der Waals surface area contributed by atoms with Gasteiger partial charge in [0, 0.05) is 26.3 Å². The van der Waals surface area contributed by atoms with Gasteiger partial charge in [0.05, 0.1) is 23.5 Å². The Bertz CT molecular complexity index is 478. The van der Waals surface area contributed by atoms with E-state index >= 15 is 0 Å². The smallest absolute Gasteiger partial charge is 0.244 e. The lowest BCUT2D eigenvalue weighted by Gasteiger charge is -2.38. The molecule has 1 unspecified atom stereocenters. The maximum Gasteiger partial charge on any atom is 0.244 e. The monoisotopic (exact) mass is 280 g/mol. The number of aryl methyl sites for hydroxylation is 1. The van der Waals surface area contributed by atoms with Gasteiger partial charge in [-0.25, -0.2) is 0 Å². The lowest BCUT2D eigenvalue weighted by Crippen LogP contribution is -2.54. The summed E-state index contributed by atoms with van der Waals surface area (Å²) in [4.78, 5) is 16.4. The average Bonchev–Trinajstić information content (AvgIpc) is 2.73. The molecule has 1 saturated heterocycles. The largest absolute Gasteiger partial charge is 0.389 e. The standard InChI is InChI=1S/C14H24N4O2/c1-14(2,20)10-16(3)12-6-5-7-18(13(12)19)11-8-15-17(4)9-11/h8-9,12,20H,5-7,10H2,1-4H3. The molecule has 20 heavy (non-hydrogen) atoms. The van der Waals surface area contributed by atoms with Gasteiger partial charge in [0.25, 0.3) is 0 Å². The minimum Gasteiger partial charge on any atom is -0.389 e. The van der Waals surface area contributed by atoms with Gasteiger partial charge in [0.15, 0.2) is 0 Å². The first-order valence-corrected chi connectivity index (χ1v) is 7.00. The molecule has 0 radical (unpaired) electrons. The highest BCUT2D eigenvalue weighted by atomic mass is 16.3. The number of hydrogen-bond acceptors (Lipinski definition) is 4. The fraction of sp³-hybridized carbons (Fsp3) is 0.714. The molecule has 1 aromatic rings. The van der Waals surface area contributed by atoms with Crippen LogP contribution in [0.3, 0.4) is 0 Å². The highest BCUT2D eigenvalue weighted by Crippen LogP contribution is 2.23. The van der Waals surface area contributed by atoms with Crippen LogP contribution in [0.4, 0.5) is 5.69 Å². The topological polar surface area (TPSA) is 61.6 Å². The SMILES string of the molecule is CN(CC(C)(C)O)C1CCCN(c2cnn(C)c2)C1=O. The molecule has 1 fully saturated rings. The Hall–Kier alpha value is -1.40. The van der Waals surface area contributed by atoms with E-state index in [9.17, 15) is 9.90 Å². The first-order valence-electron chi connectivity index (χ1n) is 7.00. The molecule has 1 atom stereocenters. The van der Waals surface area contributed by atoms with Gasteiger partial charge in [0.1, 0.15) is 0 Å². The third-order valence-corrected chi connectivity index (χ3v) is 3.58.